The number of nitrogens with one attached hydrogen (secondary N) is 2. The van der Waals surface area contributed by atoms with Gasteiger partial charge in [-0.15, -0.1) is 0 Å². The van der Waals surface area contributed by atoms with Crippen molar-refractivity contribution in [1.29, 1.82) is 0 Å². The van der Waals surface area contributed by atoms with Crippen LogP contribution < -0.4 is 15.6 Å². The highest BCUT2D eigenvalue weighted by atomic mass is 32.1. The molecule has 1 unspecified atom stereocenters. The van der Waals surface area contributed by atoms with Gasteiger partial charge in [-0.3, -0.25) is 29.2 Å². The van der Waals surface area contributed by atoms with Crippen LogP contribution in [0.3, 0.4) is 0 Å². The van der Waals surface area contributed by atoms with E-state index in [-0.39, 0.29) is 11.4 Å². The molecule has 1 aliphatic rings. The lowest BCUT2D eigenvalue weighted by molar-refractivity contribution is -0.151. The highest BCUT2D eigenvalue weighted by molar-refractivity contribution is 7.07. The first-order valence-electron chi connectivity index (χ1n) is 7.44. The van der Waals surface area contributed by atoms with Gasteiger partial charge in [-0.05, 0) is 20.3 Å². The molecule has 0 saturated carbocycles. The van der Waals surface area contributed by atoms with E-state index in [0.29, 0.717) is 17.1 Å². The number of amides is 4. The van der Waals surface area contributed by atoms with Crippen molar-refractivity contribution >= 4 is 35.2 Å². The van der Waals surface area contributed by atoms with E-state index < -0.39 is 36.0 Å². The maximum Gasteiger partial charge on any atom is 0.344 e. The number of carbonyl (C=O) groups excluding carboxylic acids is 4. The third-order valence-electron chi connectivity index (χ3n) is 3.83. The lowest BCUT2D eigenvalue weighted by Gasteiger charge is -2.19. The molecule has 0 bridgehead atoms. The maximum absolute atomic E-state index is 12.1. The Bertz CT molecular complexity index is 785. The molecule has 0 aliphatic carbocycles. The molecule has 1 atom stereocenters. The zero-order valence-corrected chi connectivity index (χ0v) is 14.8. The second kappa shape index (κ2) is 7.05. The summed E-state index contributed by atoms with van der Waals surface area (Å²) in [5.41, 5.74) is 1.62. The topological polar surface area (TPSA) is 127 Å². The summed E-state index contributed by atoms with van der Waals surface area (Å²) in [4.78, 5) is 58.6. The van der Waals surface area contributed by atoms with Gasteiger partial charge in [0.25, 0.3) is 11.8 Å². The van der Waals surface area contributed by atoms with Crippen LogP contribution in [0.2, 0.25) is 0 Å². The van der Waals surface area contributed by atoms with Gasteiger partial charge in [0.05, 0.1) is 0 Å². The van der Waals surface area contributed by atoms with E-state index in [9.17, 15) is 24.0 Å². The van der Waals surface area contributed by atoms with E-state index in [1.807, 2.05) is 0 Å². The molecule has 1 aromatic heterocycles. The van der Waals surface area contributed by atoms with E-state index in [0.717, 1.165) is 11.3 Å². The second-order valence-corrected chi connectivity index (χ2v) is 6.50. The largest absolute Gasteiger partial charge is 0.454 e. The van der Waals surface area contributed by atoms with Crippen molar-refractivity contribution in [1.82, 2.24) is 20.3 Å². The quantitative estimate of drug-likeness (QED) is 0.514. The molecule has 1 aliphatic heterocycles. The van der Waals surface area contributed by atoms with E-state index in [2.05, 4.69) is 10.7 Å². The normalized spacial score (nSPS) is 19.7. The zero-order valence-electron chi connectivity index (χ0n) is 14.0. The molecule has 2 rings (SSSR count). The van der Waals surface area contributed by atoms with Crippen LogP contribution >= 0.6 is 11.3 Å². The monoisotopic (exact) mass is 370 g/mol. The van der Waals surface area contributed by atoms with Crippen molar-refractivity contribution < 1.29 is 23.9 Å². The highest BCUT2D eigenvalue weighted by Gasteiger charge is 2.47. The van der Waals surface area contributed by atoms with Crippen LogP contribution in [0, 0.1) is 6.92 Å². The van der Waals surface area contributed by atoms with E-state index >= 15 is 0 Å². The Hall–Kier alpha value is -2.69. The van der Waals surface area contributed by atoms with Crippen molar-refractivity contribution in [2.24, 2.45) is 0 Å². The SMILES string of the molecule is CCC1(C)NC(=O)N(NC(=O)COC(=O)Cn2c(C)csc2=O)C1=O. The molecule has 136 valence electrons. The van der Waals surface area contributed by atoms with Crippen LogP contribution in [0.1, 0.15) is 26.0 Å². The van der Waals surface area contributed by atoms with Gasteiger partial charge in [0.1, 0.15) is 12.1 Å². The summed E-state index contributed by atoms with van der Waals surface area (Å²) in [5.74, 6) is -2.22. The molecular formula is C14H18N4O6S. The molecule has 4 amide bonds. The third kappa shape index (κ3) is 3.87. The van der Waals surface area contributed by atoms with Crippen molar-refractivity contribution in [3.8, 4) is 0 Å². The minimum atomic E-state index is -1.08. The van der Waals surface area contributed by atoms with Crippen LogP contribution in [0.4, 0.5) is 4.79 Å². The van der Waals surface area contributed by atoms with Gasteiger partial charge in [-0.2, -0.15) is 5.01 Å². The third-order valence-corrected chi connectivity index (χ3v) is 4.71. The van der Waals surface area contributed by atoms with Gasteiger partial charge < -0.3 is 10.1 Å². The van der Waals surface area contributed by atoms with Crippen LogP contribution in [0.5, 0.6) is 0 Å². The Balaban J connectivity index is 1.87. The minimum absolute atomic E-state index is 0.308. The van der Waals surface area contributed by atoms with Crippen molar-refractivity contribution in [2.45, 2.75) is 39.3 Å². The Morgan fingerprint density at radius 2 is 2.04 bits per heavy atom. The molecule has 1 saturated heterocycles. The molecule has 0 radical (unpaired) electrons. The number of ether oxygens (including phenoxy) is 1. The number of hydrogen-bond donors (Lipinski definition) is 2. The summed E-state index contributed by atoms with van der Waals surface area (Å²) in [6.07, 6.45) is 0.355. The van der Waals surface area contributed by atoms with Gasteiger partial charge in [0.15, 0.2) is 6.61 Å². The molecule has 1 aromatic rings. The van der Waals surface area contributed by atoms with Crippen molar-refractivity contribution in [2.75, 3.05) is 6.61 Å². The Morgan fingerprint density at radius 1 is 1.36 bits per heavy atom. The summed E-state index contributed by atoms with van der Waals surface area (Å²) in [7, 11) is 0. The van der Waals surface area contributed by atoms with Gasteiger partial charge >= 0.3 is 16.9 Å². The number of rotatable bonds is 6. The van der Waals surface area contributed by atoms with Gasteiger partial charge in [0, 0.05) is 11.1 Å². The molecule has 0 aromatic carbocycles. The van der Waals surface area contributed by atoms with Gasteiger partial charge in [-0.25, -0.2) is 4.79 Å². The number of thiazole rings is 1. The number of carbonyl (C=O) groups is 4. The van der Waals surface area contributed by atoms with Crippen LogP contribution in [0.25, 0.3) is 0 Å². The predicted octanol–water partition coefficient (Wildman–Crippen LogP) is -0.487. The summed E-state index contributed by atoms with van der Waals surface area (Å²) in [5, 5.41) is 4.63. The lowest BCUT2D eigenvalue weighted by atomic mass is 10.00. The Kier molecular flexibility index (Phi) is 5.26. The van der Waals surface area contributed by atoms with Crippen LogP contribution in [-0.4, -0.2) is 45.5 Å². The summed E-state index contributed by atoms with van der Waals surface area (Å²) in [6, 6.07) is -0.755. The van der Waals surface area contributed by atoms with Crippen molar-refractivity contribution in [3.63, 3.8) is 0 Å². The summed E-state index contributed by atoms with van der Waals surface area (Å²) < 4.78 is 5.99. The number of aryl methyl sites for hydroxylation is 1. The number of imide groups is 1. The number of urea groups is 1. The number of aromatic nitrogens is 1. The fraction of sp³-hybridized carbons (Fsp3) is 0.500. The predicted molar refractivity (Wildman–Crippen MR) is 86.5 cm³/mol. The molecule has 1 fully saturated rings. The molecular weight excluding hydrogens is 352 g/mol. The fourth-order valence-electron chi connectivity index (χ4n) is 2.10. The number of nitrogens with zero attached hydrogens (tertiary/aromatic N) is 2. The Morgan fingerprint density at radius 3 is 2.56 bits per heavy atom. The average Bonchev–Trinajstić information content (AvgIpc) is 2.98. The smallest absolute Gasteiger partial charge is 0.344 e. The average molecular weight is 370 g/mol. The molecule has 11 heteroatoms. The number of hydrogen-bond acceptors (Lipinski definition) is 7. The molecule has 0 spiro atoms. The first-order valence-corrected chi connectivity index (χ1v) is 8.32. The highest BCUT2D eigenvalue weighted by Crippen LogP contribution is 2.18. The molecule has 2 heterocycles. The van der Waals surface area contributed by atoms with E-state index in [1.54, 1.807) is 26.2 Å². The van der Waals surface area contributed by atoms with Gasteiger partial charge in [-0.1, -0.05) is 18.3 Å². The lowest BCUT2D eigenvalue weighted by Crippen LogP contribution is -2.49. The standard InChI is InChI=1S/C14H18N4O6S/c1-4-14(3)11(21)18(12(22)15-14)16-9(19)6-24-10(20)5-17-8(2)7-25-13(17)23/h7H,4-6H2,1-3H3,(H,15,22)(H,16,19). The Labute approximate surface area is 146 Å². The molecule has 25 heavy (non-hydrogen) atoms. The fourth-order valence-corrected chi connectivity index (χ4v) is 2.83. The minimum Gasteiger partial charge on any atom is -0.454 e. The number of esters is 1. The summed E-state index contributed by atoms with van der Waals surface area (Å²) in [6.45, 7) is 3.93. The molecule has 10 nitrogen and oxygen atoms in total. The first-order chi connectivity index (χ1) is 11.7. The first kappa shape index (κ1) is 18.6. The maximum atomic E-state index is 12.1. The van der Waals surface area contributed by atoms with Crippen LogP contribution in [0.15, 0.2) is 10.2 Å². The number of hydrazine groups is 1. The van der Waals surface area contributed by atoms with E-state index in [1.165, 1.54) is 4.57 Å². The zero-order chi connectivity index (χ0) is 18.8. The van der Waals surface area contributed by atoms with Crippen molar-refractivity contribution in [3.05, 3.63) is 20.7 Å². The summed E-state index contributed by atoms with van der Waals surface area (Å²) >= 11 is 0.953. The molecule has 2 N–H and O–H groups in total. The van der Waals surface area contributed by atoms with Crippen LogP contribution in [-0.2, 0) is 25.7 Å². The van der Waals surface area contributed by atoms with E-state index in [4.69, 9.17) is 4.74 Å². The second-order valence-electron chi connectivity index (χ2n) is 5.68. The van der Waals surface area contributed by atoms with Gasteiger partial charge in [0.2, 0.25) is 0 Å².